The van der Waals surface area contributed by atoms with Gasteiger partial charge in [0.25, 0.3) is 0 Å². The zero-order valence-electron chi connectivity index (χ0n) is 13.8. The zero-order chi connectivity index (χ0) is 15.8. The molecule has 116 valence electrons. The van der Waals surface area contributed by atoms with Crippen LogP contribution in [0, 0.1) is 11.3 Å². The Bertz CT molecular complexity index is 479. The molecular weight excluding hydrogens is 262 g/mol. The Labute approximate surface area is 128 Å². The number of nitrogens with one attached hydrogen (secondary N) is 1. The number of ether oxygens (including phenoxy) is 1. The minimum Gasteiger partial charge on any atom is -0.496 e. The van der Waals surface area contributed by atoms with E-state index in [4.69, 9.17) is 10.00 Å². The van der Waals surface area contributed by atoms with Crippen molar-refractivity contribution in [3.63, 3.8) is 0 Å². The topological polar surface area (TPSA) is 48.3 Å². The van der Waals surface area contributed by atoms with Crippen LogP contribution in [0.4, 0.5) is 5.69 Å². The van der Waals surface area contributed by atoms with Crippen molar-refractivity contribution in [2.45, 2.75) is 46.2 Å². The average Bonchev–Trinajstić information content (AvgIpc) is 2.47. The van der Waals surface area contributed by atoms with E-state index >= 15 is 0 Å². The van der Waals surface area contributed by atoms with Crippen LogP contribution in [0.2, 0.25) is 0 Å². The molecule has 1 unspecified atom stereocenters. The Kier molecular flexibility index (Phi) is 7.04. The molecule has 0 fully saturated rings. The van der Waals surface area contributed by atoms with E-state index in [1.807, 2.05) is 12.1 Å². The summed E-state index contributed by atoms with van der Waals surface area (Å²) in [4.78, 5) is 2.27. The second-order valence-electron chi connectivity index (χ2n) is 5.37. The molecule has 0 aliphatic rings. The molecule has 21 heavy (non-hydrogen) atoms. The highest BCUT2D eigenvalue weighted by atomic mass is 16.5. The van der Waals surface area contributed by atoms with E-state index < -0.39 is 0 Å². The maximum Gasteiger partial charge on any atom is 0.125 e. The van der Waals surface area contributed by atoms with Gasteiger partial charge in [0.15, 0.2) is 0 Å². The SMILES string of the molecule is CCNC(C)c1c(OC)cccc1N(CCC#N)C(C)C. The second kappa shape index (κ2) is 8.53. The van der Waals surface area contributed by atoms with E-state index in [1.54, 1.807) is 7.11 Å². The third-order valence-electron chi connectivity index (χ3n) is 3.60. The molecule has 1 aromatic rings. The minimum absolute atomic E-state index is 0.199. The number of nitriles is 1. The van der Waals surface area contributed by atoms with E-state index in [2.05, 4.69) is 50.0 Å². The van der Waals surface area contributed by atoms with Crippen molar-refractivity contribution < 1.29 is 4.74 Å². The van der Waals surface area contributed by atoms with Crippen LogP contribution >= 0.6 is 0 Å². The van der Waals surface area contributed by atoms with Gasteiger partial charge in [-0.15, -0.1) is 0 Å². The molecule has 0 saturated carbocycles. The van der Waals surface area contributed by atoms with Gasteiger partial charge in [-0.1, -0.05) is 13.0 Å². The third-order valence-corrected chi connectivity index (χ3v) is 3.60. The molecule has 0 aliphatic carbocycles. The third kappa shape index (κ3) is 4.37. The molecule has 0 aromatic heterocycles. The molecule has 0 spiro atoms. The fourth-order valence-corrected chi connectivity index (χ4v) is 2.63. The smallest absolute Gasteiger partial charge is 0.125 e. The number of hydrogen-bond donors (Lipinski definition) is 1. The molecule has 1 rings (SSSR count). The van der Waals surface area contributed by atoms with Crippen molar-refractivity contribution in [2.75, 3.05) is 25.1 Å². The Hall–Kier alpha value is -1.73. The molecule has 1 atom stereocenters. The van der Waals surface area contributed by atoms with Crippen LogP contribution in [0.5, 0.6) is 5.75 Å². The van der Waals surface area contributed by atoms with Gasteiger partial charge in [0.1, 0.15) is 5.75 Å². The summed E-state index contributed by atoms with van der Waals surface area (Å²) >= 11 is 0. The summed E-state index contributed by atoms with van der Waals surface area (Å²) < 4.78 is 5.56. The lowest BCUT2D eigenvalue weighted by molar-refractivity contribution is 0.402. The Morgan fingerprint density at radius 3 is 2.57 bits per heavy atom. The van der Waals surface area contributed by atoms with Crippen LogP contribution in [0.25, 0.3) is 0 Å². The van der Waals surface area contributed by atoms with E-state index in [0.717, 1.165) is 30.1 Å². The first kappa shape index (κ1) is 17.3. The van der Waals surface area contributed by atoms with Gasteiger partial charge in [-0.05, 0) is 39.4 Å². The van der Waals surface area contributed by atoms with E-state index in [0.29, 0.717) is 12.5 Å². The predicted molar refractivity (Wildman–Crippen MR) is 87.8 cm³/mol. The van der Waals surface area contributed by atoms with Crippen LogP contribution in [-0.2, 0) is 0 Å². The van der Waals surface area contributed by atoms with Gasteiger partial charge < -0.3 is 15.0 Å². The highest BCUT2D eigenvalue weighted by Crippen LogP contribution is 2.35. The van der Waals surface area contributed by atoms with Gasteiger partial charge in [-0.2, -0.15) is 5.26 Å². The highest BCUT2D eigenvalue weighted by molar-refractivity contribution is 5.61. The van der Waals surface area contributed by atoms with Gasteiger partial charge >= 0.3 is 0 Å². The molecule has 1 aromatic carbocycles. The standard InChI is InChI=1S/C17H27N3O/c1-6-19-14(4)17-15(9-7-10-16(17)21-5)20(13(2)3)12-8-11-18/h7,9-10,13-14,19H,6,8,12H2,1-5H3. The van der Waals surface area contributed by atoms with Crippen LogP contribution in [0.3, 0.4) is 0 Å². The number of methoxy groups -OCH3 is 1. The first-order valence-electron chi connectivity index (χ1n) is 7.60. The second-order valence-corrected chi connectivity index (χ2v) is 5.37. The molecule has 0 radical (unpaired) electrons. The lowest BCUT2D eigenvalue weighted by Crippen LogP contribution is -2.33. The van der Waals surface area contributed by atoms with Crippen molar-refractivity contribution in [1.29, 1.82) is 5.26 Å². The maximum absolute atomic E-state index is 8.89. The molecule has 0 saturated heterocycles. The molecule has 0 bridgehead atoms. The number of nitrogens with zero attached hydrogens (tertiary/aromatic N) is 2. The predicted octanol–water partition coefficient (Wildman–Crippen LogP) is 3.49. The molecule has 0 aliphatic heterocycles. The fourth-order valence-electron chi connectivity index (χ4n) is 2.63. The maximum atomic E-state index is 8.89. The number of benzene rings is 1. The molecule has 4 heteroatoms. The molecule has 0 heterocycles. The summed E-state index contributed by atoms with van der Waals surface area (Å²) in [7, 11) is 1.70. The number of hydrogen-bond acceptors (Lipinski definition) is 4. The monoisotopic (exact) mass is 289 g/mol. The molecule has 1 N–H and O–H groups in total. The number of rotatable bonds is 8. The van der Waals surface area contributed by atoms with Crippen molar-refractivity contribution in [3.8, 4) is 11.8 Å². The Morgan fingerprint density at radius 1 is 1.33 bits per heavy atom. The van der Waals surface area contributed by atoms with Crippen molar-refractivity contribution >= 4 is 5.69 Å². The van der Waals surface area contributed by atoms with Gasteiger partial charge in [0.05, 0.1) is 19.6 Å². The average molecular weight is 289 g/mol. The minimum atomic E-state index is 0.199. The summed E-state index contributed by atoms with van der Waals surface area (Å²) in [6.45, 7) is 10.2. The number of anilines is 1. The van der Waals surface area contributed by atoms with E-state index in [-0.39, 0.29) is 6.04 Å². The van der Waals surface area contributed by atoms with Crippen molar-refractivity contribution in [2.24, 2.45) is 0 Å². The zero-order valence-corrected chi connectivity index (χ0v) is 13.8. The van der Waals surface area contributed by atoms with E-state index in [9.17, 15) is 0 Å². The Morgan fingerprint density at radius 2 is 2.05 bits per heavy atom. The van der Waals surface area contributed by atoms with Crippen LogP contribution in [0.1, 0.15) is 45.7 Å². The first-order valence-corrected chi connectivity index (χ1v) is 7.60. The Balaban J connectivity index is 3.28. The molecule has 4 nitrogen and oxygen atoms in total. The summed E-state index contributed by atoms with van der Waals surface area (Å²) in [5, 5.41) is 12.3. The fraction of sp³-hybridized carbons (Fsp3) is 0.588. The van der Waals surface area contributed by atoms with Gasteiger partial charge in [0, 0.05) is 29.9 Å². The van der Waals surface area contributed by atoms with Gasteiger partial charge in [-0.3, -0.25) is 0 Å². The van der Waals surface area contributed by atoms with Crippen LogP contribution in [-0.4, -0.2) is 26.2 Å². The molecular formula is C17H27N3O. The lowest BCUT2D eigenvalue weighted by atomic mass is 10.0. The first-order chi connectivity index (χ1) is 10.1. The van der Waals surface area contributed by atoms with Gasteiger partial charge in [0.2, 0.25) is 0 Å². The van der Waals surface area contributed by atoms with Crippen molar-refractivity contribution in [1.82, 2.24) is 5.32 Å². The van der Waals surface area contributed by atoms with Crippen LogP contribution < -0.4 is 15.0 Å². The highest BCUT2D eigenvalue weighted by Gasteiger charge is 2.21. The summed E-state index contributed by atoms with van der Waals surface area (Å²) in [5.41, 5.74) is 2.31. The van der Waals surface area contributed by atoms with Crippen LogP contribution in [0.15, 0.2) is 18.2 Å². The summed E-state index contributed by atoms with van der Waals surface area (Å²) in [5.74, 6) is 0.892. The largest absolute Gasteiger partial charge is 0.496 e. The van der Waals surface area contributed by atoms with Crippen molar-refractivity contribution in [3.05, 3.63) is 23.8 Å². The summed E-state index contributed by atoms with van der Waals surface area (Å²) in [6, 6.07) is 8.89. The quantitative estimate of drug-likeness (QED) is 0.796. The van der Waals surface area contributed by atoms with Gasteiger partial charge in [-0.25, -0.2) is 0 Å². The lowest BCUT2D eigenvalue weighted by Gasteiger charge is -2.32. The van der Waals surface area contributed by atoms with E-state index in [1.165, 1.54) is 0 Å². The summed E-state index contributed by atoms with van der Waals surface area (Å²) in [6.07, 6.45) is 0.518. The normalized spacial score (nSPS) is 12.0. The molecule has 0 amide bonds.